The lowest BCUT2D eigenvalue weighted by atomic mass is 10.2. The first-order valence-corrected chi connectivity index (χ1v) is 20.6. The maximum absolute atomic E-state index is 9.78. The van der Waals surface area contributed by atoms with E-state index in [0.29, 0.717) is 51.2 Å². The van der Waals surface area contributed by atoms with Crippen molar-refractivity contribution in [2.45, 2.75) is 19.8 Å². The maximum Gasteiger partial charge on any atom is 0.447 e. The highest BCUT2D eigenvalue weighted by atomic mass is 31.3. The van der Waals surface area contributed by atoms with E-state index < -0.39 is 24.6 Å². The van der Waals surface area contributed by atoms with Crippen molar-refractivity contribution in [3.05, 3.63) is 180 Å². The van der Waals surface area contributed by atoms with Crippen molar-refractivity contribution in [3.63, 3.8) is 0 Å². The summed E-state index contributed by atoms with van der Waals surface area (Å²) in [5.74, 6) is 2.60. The van der Waals surface area contributed by atoms with Crippen LogP contribution in [0, 0.1) is 0 Å². The van der Waals surface area contributed by atoms with E-state index in [9.17, 15) is 15.3 Å². The van der Waals surface area contributed by atoms with Crippen molar-refractivity contribution in [3.8, 4) is 34.5 Å². The van der Waals surface area contributed by atoms with Crippen LogP contribution in [0.1, 0.15) is 16.7 Å². The fourth-order valence-corrected chi connectivity index (χ4v) is 12.4. The number of hydrogen-bond acceptors (Lipinski definition) is 12. The van der Waals surface area contributed by atoms with E-state index in [1.807, 2.05) is 54.6 Å². The SMILES string of the molecule is OCc1ccc(ON2P(Oc3ccc(CO)cc3)N=P(Oc3ccccc3)(Oc3ccccc3)N(Oc3ccccc3)P2Oc2ccc(CO)cc2)cc1. The molecule has 0 fully saturated rings. The number of aliphatic hydroxyl groups is 3. The summed E-state index contributed by atoms with van der Waals surface area (Å²) in [6.45, 7) is -0.421. The summed E-state index contributed by atoms with van der Waals surface area (Å²) < 4.78 is 35.6. The molecule has 1 heterocycles. The molecule has 2 atom stereocenters. The van der Waals surface area contributed by atoms with Crippen molar-refractivity contribution in [2.75, 3.05) is 0 Å². The maximum atomic E-state index is 9.78. The Balaban J connectivity index is 1.46. The molecule has 0 aliphatic carbocycles. The van der Waals surface area contributed by atoms with Crippen LogP contribution in [0.3, 0.4) is 0 Å². The lowest BCUT2D eigenvalue weighted by molar-refractivity contribution is 0.0545. The van der Waals surface area contributed by atoms with E-state index in [4.69, 9.17) is 32.3 Å². The van der Waals surface area contributed by atoms with Crippen LogP contribution < -0.4 is 27.8 Å². The Morgan fingerprint density at radius 3 is 1.28 bits per heavy atom. The van der Waals surface area contributed by atoms with Gasteiger partial charge < -0.3 is 43.1 Å². The molecule has 0 saturated heterocycles. The van der Waals surface area contributed by atoms with Crippen LogP contribution in [0.4, 0.5) is 0 Å². The van der Waals surface area contributed by atoms with Gasteiger partial charge in [0.2, 0.25) is 0 Å². The molecule has 15 heteroatoms. The van der Waals surface area contributed by atoms with Gasteiger partial charge in [-0.3, -0.25) is 0 Å². The summed E-state index contributed by atoms with van der Waals surface area (Å²) in [7, 11) is -8.39. The predicted molar refractivity (Wildman–Crippen MR) is 207 cm³/mol. The molecule has 0 radical (unpaired) electrons. The molecule has 1 aliphatic heterocycles. The highest BCUT2D eigenvalue weighted by Crippen LogP contribution is 2.77. The fourth-order valence-electron chi connectivity index (χ4n) is 4.86. The van der Waals surface area contributed by atoms with Crippen molar-refractivity contribution >= 4 is 24.6 Å². The number of benzene rings is 6. The molecule has 2 unspecified atom stereocenters. The first kappa shape index (κ1) is 37.3. The first-order valence-electron chi connectivity index (χ1n) is 16.7. The van der Waals surface area contributed by atoms with Crippen LogP contribution >= 0.6 is 24.6 Å². The molecule has 0 saturated carbocycles. The van der Waals surface area contributed by atoms with Crippen molar-refractivity contribution in [1.29, 1.82) is 0 Å². The van der Waals surface area contributed by atoms with Crippen LogP contribution in [0.25, 0.3) is 0 Å². The zero-order valence-electron chi connectivity index (χ0n) is 28.7. The molecule has 12 nitrogen and oxygen atoms in total. The molecule has 0 aromatic heterocycles. The van der Waals surface area contributed by atoms with Crippen LogP contribution in [0.5, 0.6) is 34.5 Å². The summed E-state index contributed by atoms with van der Waals surface area (Å²) in [5.41, 5.74) is 2.10. The van der Waals surface area contributed by atoms with Gasteiger partial charge in [0, 0.05) is 9.21 Å². The summed E-state index contributed by atoms with van der Waals surface area (Å²) in [4.78, 5) is 13.4. The monoisotopic (exact) mass is 783 g/mol. The van der Waals surface area contributed by atoms with Crippen LogP contribution in [0.15, 0.2) is 168 Å². The van der Waals surface area contributed by atoms with Crippen molar-refractivity contribution in [1.82, 2.24) is 9.21 Å². The summed E-state index contributed by atoms with van der Waals surface area (Å²) in [6.07, 6.45) is 0. The minimum Gasteiger partial charge on any atom is -0.440 e. The molecular weight excluding hydrogens is 747 g/mol. The zero-order chi connectivity index (χ0) is 37.2. The largest absolute Gasteiger partial charge is 0.447 e. The molecule has 54 heavy (non-hydrogen) atoms. The minimum atomic E-state index is -3.87. The second-order valence-corrected chi connectivity index (χ2v) is 17.0. The summed E-state index contributed by atoms with van der Waals surface area (Å²) in [5, 5.41) is 29.2. The van der Waals surface area contributed by atoms with E-state index in [1.54, 1.807) is 109 Å². The topological polar surface area (TPSA) is 135 Å². The van der Waals surface area contributed by atoms with Gasteiger partial charge in [-0.2, -0.15) is 0 Å². The Labute approximate surface area is 315 Å². The summed E-state index contributed by atoms with van der Waals surface area (Å²) >= 11 is 0. The molecule has 0 amide bonds. The Bertz CT molecular complexity index is 2070. The highest BCUT2D eigenvalue weighted by Gasteiger charge is 2.58. The van der Waals surface area contributed by atoms with Crippen LogP contribution in [0.2, 0.25) is 0 Å². The quantitative estimate of drug-likeness (QED) is 0.0860. The predicted octanol–water partition coefficient (Wildman–Crippen LogP) is 9.78. The molecule has 3 N–H and O–H groups in total. The van der Waals surface area contributed by atoms with Gasteiger partial charge in [-0.25, -0.2) is 0 Å². The van der Waals surface area contributed by atoms with E-state index >= 15 is 0 Å². The van der Waals surface area contributed by atoms with Crippen molar-refractivity contribution in [2.24, 2.45) is 4.52 Å². The Morgan fingerprint density at radius 2 is 0.833 bits per heavy atom. The van der Waals surface area contributed by atoms with E-state index in [1.165, 1.54) is 9.21 Å². The molecule has 0 spiro atoms. The highest BCUT2D eigenvalue weighted by molar-refractivity contribution is 7.78. The lowest BCUT2D eigenvalue weighted by Crippen LogP contribution is -2.37. The Hall–Kier alpha value is -4.99. The molecular formula is C39H36N3O9P3. The van der Waals surface area contributed by atoms with Gasteiger partial charge >= 0.3 is 24.6 Å². The molecule has 276 valence electrons. The van der Waals surface area contributed by atoms with Gasteiger partial charge in [-0.05, 0) is 89.5 Å². The third kappa shape index (κ3) is 9.20. The van der Waals surface area contributed by atoms with E-state index in [0.717, 1.165) is 0 Å². The molecule has 6 aromatic carbocycles. The van der Waals surface area contributed by atoms with E-state index in [2.05, 4.69) is 0 Å². The van der Waals surface area contributed by atoms with Crippen LogP contribution in [-0.4, -0.2) is 24.5 Å². The van der Waals surface area contributed by atoms with Gasteiger partial charge in [0.05, 0.1) is 19.8 Å². The second kappa shape index (κ2) is 17.9. The molecule has 6 aromatic rings. The lowest BCUT2D eigenvalue weighted by Gasteiger charge is -2.43. The van der Waals surface area contributed by atoms with Gasteiger partial charge in [0.1, 0.15) is 34.5 Å². The minimum absolute atomic E-state index is 0.136. The molecule has 1 aliphatic rings. The number of rotatable bonds is 15. The Kier molecular flexibility index (Phi) is 12.4. The average Bonchev–Trinajstić information content (AvgIpc) is 3.22. The Morgan fingerprint density at radius 1 is 0.444 bits per heavy atom. The number of aliphatic hydroxyl groups excluding tert-OH is 3. The second-order valence-electron chi connectivity index (χ2n) is 11.5. The molecule has 7 rings (SSSR count). The number of hydrogen-bond donors (Lipinski definition) is 3. The van der Waals surface area contributed by atoms with Gasteiger partial charge in [0.25, 0.3) is 0 Å². The number of para-hydroxylation sites is 3. The standard InChI is InChI=1S/C39H36N3O9P3/c43-28-31-16-22-35(23-17-31)46-41-52(48-36-24-18-32(29-44)19-25-36)40-54(50-38-12-6-2-7-13-38,51-39-14-8-3-9-15-39)42(47-34-10-4-1-5-11-34)53(41)49-37-26-20-33(30-45)21-27-37/h1-27,43-45H,28-30H2. The van der Waals surface area contributed by atoms with Gasteiger partial charge in [-0.1, -0.05) is 91.0 Å². The third-order valence-corrected chi connectivity index (χ3v) is 14.4. The van der Waals surface area contributed by atoms with Crippen molar-refractivity contribution < 1.29 is 43.1 Å². The van der Waals surface area contributed by atoms with Gasteiger partial charge in [-0.15, -0.1) is 4.52 Å². The fraction of sp³-hybridized carbons (Fsp3) is 0.0769. The zero-order valence-corrected chi connectivity index (χ0v) is 31.4. The molecule has 0 bridgehead atoms. The normalized spacial score (nSPS) is 16.8. The average molecular weight is 784 g/mol. The first-order chi connectivity index (χ1) is 26.5. The smallest absolute Gasteiger partial charge is 0.440 e. The van der Waals surface area contributed by atoms with Crippen LogP contribution in [-0.2, 0) is 19.8 Å². The third-order valence-electron chi connectivity index (χ3n) is 7.59. The van der Waals surface area contributed by atoms with Gasteiger partial charge in [0.15, 0.2) is 0 Å². The summed E-state index contributed by atoms with van der Waals surface area (Å²) in [6, 6.07) is 48.3. The van der Waals surface area contributed by atoms with E-state index in [-0.39, 0.29) is 19.8 Å². The number of nitrogens with zero attached hydrogens (tertiary/aromatic N) is 3.